The second-order valence-corrected chi connectivity index (χ2v) is 3.44. The summed E-state index contributed by atoms with van der Waals surface area (Å²) in [5, 5.41) is 21.6. The Bertz CT molecular complexity index is 274. The summed E-state index contributed by atoms with van der Waals surface area (Å²) < 4.78 is 0. The molecule has 1 atom stereocenters. The molecule has 0 saturated heterocycles. The Hall–Kier alpha value is -1.06. The lowest BCUT2D eigenvalue weighted by Crippen LogP contribution is -2.18. The fourth-order valence-corrected chi connectivity index (χ4v) is 1.19. The Morgan fingerprint density at radius 1 is 1.36 bits per heavy atom. The third-order valence-electron chi connectivity index (χ3n) is 2.05. The van der Waals surface area contributed by atoms with Crippen LogP contribution in [0.5, 0.6) is 5.75 Å². The molecule has 0 spiro atoms. The number of aliphatic hydroxyl groups is 1. The minimum absolute atomic E-state index is 0.271. The van der Waals surface area contributed by atoms with E-state index in [0.29, 0.717) is 12.3 Å². The highest BCUT2D eigenvalue weighted by molar-refractivity contribution is 5.31. The molecule has 0 radical (unpaired) electrons. The van der Waals surface area contributed by atoms with Crippen molar-refractivity contribution in [1.82, 2.24) is 5.32 Å². The van der Waals surface area contributed by atoms with Crippen molar-refractivity contribution in [2.24, 2.45) is 0 Å². The third kappa shape index (κ3) is 3.77. The molecule has 0 aliphatic carbocycles. The highest BCUT2D eigenvalue weighted by Crippen LogP contribution is 2.14. The zero-order valence-electron chi connectivity index (χ0n) is 8.40. The Kier molecular flexibility index (Phi) is 4.43. The predicted molar refractivity (Wildman–Crippen MR) is 56.1 cm³/mol. The van der Waals surface area contributed by atoms with Gasteiger partial charge in [0.05, 0.1) is 6.10 Å². The molecule has 0 bridgehead atoms. The Morgan fingerprint density at radius 2 is 2.07 bits per heavy atom. The van der Waals surface area contributed by atoms with E-state index in [1.165, 1.54) is 0 Å². The van der Waals surface area contributed by atoms with E-state index in [0.717, 1.165) is 18.5 Å². The van der Waals surface area contributed by atoms with Gasteiger partial charge in [-0.1, -0.05) is 18.2 Å². The van der Waals surface area contributed by atoms with E-state index in [9.17, 15) is 5.11 Å². The average molecular weight is 195 g/mol. The number of rotatable bonds is 5. The summed E-state index contributed by atoms with van der Waals surface area (Å²) in [6.45, 7) is 3.16. The summed E-state index contributed by atoms with van der Waals surface area (Å²) in [6, 6.07) is 7.25. The zero-order valence-corrected chi connectivity index (χ0v) is 8.40. The summed E-state index contributed by atoms with van der Waals surface area (Å²) in [7, 11) is 0. The van der Waals surface area contributed by atoms with Crippen molar-refractivity contribution in [3.63, 3.8) is 0 Å². The van der Waals surface area contributed by atoms with Gasteiger partial charge in [0.25, 0.3) is 0 Å². The lowest BCUT2D eigenvalue weighted by molar-refractivity contribution is 0.183. The van der Waals surface area contributed by atoms with E-state index in [-0.39, 0.29) is 6.10 Å². The minimum atomic E-state index is -0.271. The topological polar surface area (TPSA) is 52.5 Å². The van der Waals surface area contributed by atoms with E-state index in [1.807, 2.05) is 12.1 Å². The Labute approximate surface area is 84.4 Å². The molecule has 3 N–H and O–H groups in total. The van der Waals surface area contributed by atoms with Crippen LogP contribution < -0.4 is 5.32 Å². The number of benzene rings is 1. The molecular formula is C11H17NO2. The smallest absolute Gasteiger partial charge is 0.120 e. The molecule has 0 saturated carbocycles. The molecule has 1 unspecified atom stereocenters. The van der Waals surface area contributed by atoms with Crippen molar-refractivity contribution in [1.29, 1.82) is 0 Å². The second kappa shape index (κ2) is 5.62. The lowest BCUT2D eigenvalue weighted by atomic mass is 10.2. The molecule has 14 heavy (non-hydrogen) atoms. The molecular weight excluding hydrogens is 178 g/mol. The normalized spacial score (nSPS) is 12.7. The molecule has 0 aromatic heterocycles. The van der Waals surface area contributed by atoms with Gasteiger partial charge in [0.15, 0.2) is 0 Å². The molecule has 1 aromatic carbocycles. The molecule has 3 heteroatoms. The van der Waals surface area contributed by atoms with Gasteiger partial charge in [-0.05, 0) is 26.0 Å². The summed E-state index contributed by atoms with van der Waals surface area (Å²) in [5.41, 5.74) is 0.887. The summed E-state index contributed by atoms with van der Waals surface area (Å²) in [5.74, 6) is 0.317. The van der Waals surface area contributed by atoms with Crippen LogP contribution in [-0.4, -0.2) is 22.9 Å². The van der Waals surface area contributed by atoms with Gasteiger partial charge in [-0.25, -0.2) is 0 Å². The van der Waals surface area contributed by atoms with Crippen molar-refractivity contribution >= 4 is 0 Å². The van der Waals surface area contributed by atoms with Crippen molar-refractivity contribution in [3.8, 4) is 5.75 Å². The Morgan fingerprint density at radius 3 is 2.71 bits per heavy atom. The predicted octanol–water partition coefficient (Wildman–Crippen LogP) is 1.25. The number of hydrogen-bond donors (Lipinski definition) is 3. The van der Waals surface area contributed by atoms with Crippen LogP contribution in [0.2, 0.25) is 0 Å². The number of aliphatic hydroxyl groups excluding tert-OH is 1. The van der Waals surface area contributed by atoms with Crippen LogP contribution in [0.25, 0.3) is 0 Å². The van der Waals surface area contributed by atoms with Gasteiger partial charge in [-0.2, -0.15) is 0 Å². The van der Waals surface area contributed by atoms with Gasteiger partial charge in [0, 0.05) is 12.1 Å². The van der Waals surface area contributed by atoms with E-state index >= 15 is 0 Å². The number of phenols is 1. The van der Waals surface area contributed by atoms with Crippen LogP contribution >= 0.6 is 0 Å². The molecule has 1 rings (SSSR count). The quantitative estimate of drug-likeness (QED) is 0.620. The monoisotopic (exact) mass is 195 g/mol. The standard InChI is InChI=1S/C11H17NO2/c1-9(13)6-7-12-8-10-4-2-3-5-11(10)14/h2-5,9,12-14H,6-8H2,1H3. The van der Waals surface area contributed by atoms with Gasteiger partial charge in [-0.15, -0.1) is 0 Å². The third-order valence-corrected chi connectivity index (χ3v) is 2.05. The number of para-hydroxylation sites is 1. The van der Waals surface area contributed by atoms with Crippen molar-refractivity contribution < 1.29 is 10.2 Å². The first-order valence-corrected chi connectivity index (χ1v) is 4.86. The number of phenolic OH excluding ortho intramolecular Hbond substituents is 1. The van der Waals surface area contributed by atoms with Crippen molar-refractivity contribution in [3.05, 3.63) is 29.8 Å². The molecule has 0 aliphatic heterocycles. The van der Waals surface area contributed by atoms with Crippen LogP contribution in [0.1, 0.15) is 18.9 Å². The minimum Gasteiger partial charge on any atom is -0.508 e. The second-order valence-electron chi connectivity index (χ2n) is 3.44. The Balaban J connectivity index is 2.28. The van der Waals surface area contributed by atoms with E-state index in [4.69, 9.17) is 5.11 Å². The largest absolute Gasteiger partial charge is 0.508 e. The number of hydrogen-bond acceptors (Lipinski definition) is 3. The fourth-order valence-electron chi connectivity index (χ4n) is 1.19. The van der Waals surface area contributed by atoms with Gasteiger partial charge in [0.2, 0.25) is 0 Å². The van der Waals surface area contributed by atoms with Crippen molar-refractivity contribution in [2.45, 2.75) is 26.0 Å². The zero-order chi connectivity index (χ0) is 10.4. The average Bonchev–Trinajstić information content (AvgIpc) is 2.15. The maximum absolute atomic E-state index is 9.43. The first kappa shape index (κ1) is 11.0. The van der Waals surface area contributed by atoms with E-state index in [1.54, 1.807) is 19.1 Å². The molecule has 0 fully saturated rings. The van der Waals surface area contributed by atoms with Crippen LogP contribution in [-0.2, 0) is 6.54 Å². The summed E-state index contributed by atoms with van der Waals surface area (Å²) >= 11 is 0. The number of nitrogens with one attached hydrogen (secondary N) is 1. The number of aromatic hydroxyl groups is 1. The van der Waals surface area contributed by atoms with E-state index in [2.05, 4.69) is 5.32 Å². The first-order chi connectivity index (χ1) is 6.70. The summed E-state index contributed by atoms with van der Waals surface area (Å²) in [4.78, 5) is 0. The maximum Gasteiger partial charge on any atom is 0.120 e. The maximum atomic E-state index is 9.43. The molecule has 0 amide bonds. The summed E-state index contributed by atoms with van der Waals surface area (Å²) in [6.07, 6.45) is 0.458. The van der Waals surface area contributed by atoms with Gasteiger partial charge in [0.1, 0.15) is 5.75 Å². The molecule has 0 aliphatic rings. The van der Waals surface area contributed by atoms with Gasteiger partial charge < -0.3 is 15.5 Å². The lowest BCUT2D eigenvalue weighted by Gasteiger charge is -2.07. The van der Waals surface area contributed by atoms with E-state index < -0.39 is 0 Å². The highest BCUT2D eigenvalue weighted by Gasteiger charge is 1.99. The van der Waals surface area contributed by atoms with Crippen molar-refractivity contribution in [2.75, 3.05) is 6.54 Å². The molecule has 1 aromatic rings. The van der Waals surface area contributed by atoms with Gasteiger partial charge >= 0.3 is 0 Å². The highest BCUT2D eigenvalue weighted by atomic mass is 16.3. The molecule has 78 valence electrons. The first-order valence-electron chi connectivity index (χ1n) is 4.86. The molecule has 0 heterocycles. The van der Waals surface area contributed by atoms with Crippen LogP contribution in [0, 0.1) is 0 Å². The van der Waals surface area contributed by atoms with Crippen LogP contribution in [0.4, 0.5) is 0 Å². The molecule has 3 nitrogen and oxygen atoms in total. The van der Waals surface area contributed by atoms with Crippen LogP contribution in [0.15, 0.2) is 24.3 Å². The van der Waals surface area contributed by atoms with Gasteiger partial charge in [-0.3, -0.25) is 0 Å². The van der Waals surface area contributed by atoms with Crippen LogP contribution in [0.3, 0.4) is 0 Å². The SMILES string of the molecule is CC(O)CCNCc1ccccc1O. The fraction of sp³-hybridized carbons (Fsp3) is 0.455.